The third-order valence-electron chi connectivity index (χ3n) is 4.40. The molecule has 0 saturated carbocycles. The monoisotopic (exact) mass is 210 g/mol. The molecule has 0 aromatic carbocycles. The summed E-state index contributed by atoms with van der Waals surface area (Å²) in [4.78, 5) is 22.9. The molecule has 3 aliphatic heterocycles. The molecule has 3 rings (SSSR count). The SMILES string of the molecule is CC1C2CC3(CC(=O)OC3=O)C(O2)C1C. The van der Waals surface area contributed by atoms with Crippen molar-refractivity contribution in [2.75, 3.05) is 0 Å². The quantitative estimate of drug-likeness (QED) is 0.440. The number of hydrogen-bond acceptors (Lipinski definition) is 4. The molecule has 0 amide bonds. The molecular formula is C11H14O4. The first-order valence-electron chi connectivity index (χ1n) is 5.45. The Bertz CT molecular complexity index is 348. The van der Waals surface area contributed by atoms with Crippen molar-refractivity contribution in [1.29, 1.82) is 0 Å². The van der Waals surface area contributed by atoms with E-state index in [0.29, 0.717) is 18.3 Å². The Morgan fingerprint density at radius 2 is 2.00 bits per heavy atom. The topological polar surface area (TPSA) is 52.6 Å². The molecule has 3 saturated heterocycles. The van der Waals surface area contributed by atoms with Gasteiger partial charge in [-0.2, -0.15) is 0 Å². The van der Waals surface area contributed by atoms with Gasteiger partial charge in [-0.3, -0.25) is 9.59 Å². The lowest BCUT2D eigenvalue weighted by Gasteiger charge is -2.32. The third-order valence-corrected chi connectivity index (χ3v) is 4.40. The number of carbonyl (C=O) groups is 2. The summed E-state index contributed by atoms with van der Waals surface area (Å²) in [6.45, 7) is 4.23. The largest absolute Gasteiger partial charge is 0.393 e. The standard InChI is InChI=1S/C11H14O4/c1-5-6(2)9-11(3-7(5)14-9)4-8(12)15-10(11)13/h5-7,9H,3-4H2,1-2H3. The van der Waals surface area contributed by atoms with E-state index in [1.54, 1.807) is 0 Å². The molecule has 0 aromatic rings. The predicted molar refractivity (Wildman–Crippen MR) is 49.8 cm³/mol. The number of carbonyl (C=O) groups excluding carboxylic acids is 2. The van der Waals surface area contributed by atoms with Gasteiger partial charge in [0.05, 0.1) is 18.6 Å². The molecule has 4 nitrogen and oxygen atoms in total. The first kappa shape index (κ1) is 9.33. The van der Waals surface area contributed by atoms with Crippen molar-refractivity contribution in [2.45, 2.75) is 38.9 Å². The zero-order valence-electron chi connectivity index (χ0n) is 8.86. The Hall–Kier alpha value is -0.900. The zero-order valence-corrected chi connectivity index (χ0v) is 8.86. The maximum absolute atomic E-state index is 11.7. The van der Waals surface area contributed by atoms with Crippen LogP contribution < -0.4 is 0 Å². The van der Waals surface area contributed by atoms with Gasteiger partial charge in [-0.1, -0.05) is 13.8 Å². The van der Waals surface area contributed by atoms with E-state index in [1.165, 1.54) is 0 Å². The second-order valence-electron chi connectivity index (χ2n) is 5.11. The fraction of sp³-hybridized carbons (Fsp3) is 0.818. The highest BCUT2D eigenvalue weighted by Crippen LogP contribution is 2.57. The first-order valence-corrected chi connectivity index (χ1v) is 5.45. The molecule has 0 radical (unpaired) electrons. The lowest BCUT2D eigenvalue weighted by Crippen LogP contribution is -2.43. The maximum atomic E-state index is 11.7. The Morgan fingerprint density at radius 1 is 1.27 bits per heavy atom. The molecule has 2 bridgehead atoms. The number of cyclic esters (lactones) is 2. The smallest absolute Gasteiger partial charge is 0.323 e. The van der Waals surface area contributed by atoms with Gasteiger partial charge < -0.3 is 9.47 Å². The third kappa shape index (κ3) is 0.956. The molecule has 82 valence electrons. The summed E-state index contributed by atoms with van der Waals surface area (Å²) >= 11 is 0. The van der Waals surface area contributed by atoms with E-state index < -0.39 is 11.4 Å². The van der Waals surface area contributed by atoms with Crippen LogP contribution >= 0.6 is 0 Å². The Balaban J connectivity index is 1.97. The molecule has 3 fully saturated rings. The van der Waals surface area contributed by atoms with Crippen LogP contribution in [0.4, 0.5) is 0 Å². The van der Waals surface area contributed by atoms with Gasteiger partial charge in [0.25, 0.3) is 0 Å². The minimum absolute atomic E-state index is 0.114. The van der Waals surface area contributed by atoms with Gasteiger partial charge >= 0.3 is 11.9 Å². The highest BCUT2D eigenvalue weighted by atomic mass is 16.6. The van der Waals surface area contributed by atoms with Crippen LogP contribution in [0.1, 0.15) is 26.7 Å². The molecule has 0 aromatic heterocycles. The van der Waals surface area contributed by atoms with E-state index in [0.717, 1.165) is 0 Å². The van der Waals surface area contributed by atoms with E-state index in [1.807, 2.05) is 0 Å². The van der Waals surface area contributed by atoms with E-state index in [4.69, 9.17) is 4.74 Å². The van der Waals surface area contributed by atoms with E-state index >= 15 is 0 Å². The van der Waals surface area contributed by atoms with Crippen LogP contribution in [-0.2, 0) is 19.1 Å². The van der Waals surface area contributed by atoms with E-state index in [9.17, 15) is 9.59 Å². The van der Waals surface area contributed by atoms with E-state index in [2.05, 4.69) is 18.6 Å². The molecule has 4 heteroatoms. The predicted octanol–water partition coefficient (Wildman–Crippen LogP) is 0.890. The van der Waals surface area contributed by atoms with Crippen molar-refractivity contribution >= 4 is 11.9 Å². The van der Waals surface area contributed by atoms with Crippen LogP contribution in [0.3, 0.4) is 0 Å². The van der Waals surface area contributed by atoms with Gasteiger partial charge in [0.15, 0.2) is 0 Å². The normalized spacial score (nSPS) is 52.9. The van der Waals surface area contributed by atoms with Crippen molar-refractivity contribution in [3.05, 3.63) is 0 Å². The van der Waals surface area contributed by atoms with Crippen LogP contribution in [0, 0.1) is 17.3 Å². The summed E-state index contributed by atoms with van der Waals surface area (Å²) in [5, 5.41) is 0. The van der Waals surface area contributed by atoms with Crippen molar-refractivity contribution in [1.82, 2.24) is 0 Å². The average Bonchev–Trinajstić information content (AvgIpc) is 2.74. The summed E-state index contributed by atoms with van der Waals surface area (Å²) in [7, 11) is 0. The van der Waals surface area contributed by atoms with Crippen LogP contribution in [0.2, 0.25) is 0 Å². The fourth-order valence-corrected chi connectivity index (χ4v) is 3.34. The minimum Gasteiger partial charge on any atom is -0.393 e. The molecule has 1 spiro atoms. The van der Waals surface area contributed by atoms with Gasteiger partial charge in [0.2, 0.25) is 0 Å². The lowest BCUT2D eigenvalue weighted by atomic mass is 9.65. The minimum atomic E-state index is -0.645. The van der Waals surface area contributed by atoms with Gasteiger partial charge in [-0.05, 0) is 18.3 Å². The maximum Gasteiger partial charge on any atom is 0.323 e. The van der Waals surface area contributed by atoms with Crippen molar-refractivity contribution < 1.29 is 19.1 Å². The van der Waals surface area contributed by atoms with Gasteiger partial charge in [0, 0.05) is 0 Å². The highest BCUT2D eigenvalue weighted by molar-refractivity contribution is 5.98. The Labute approximate surface area is 87.9 Å². The van der Waals surface area contributed by atoms with Gasteiger partial charge in [-0.25, -0.2) is 0 Å². The summed E-state index contributed by atoms with van der Waals surface area (Å²) in [6, 6.07) is 0. The summed E-state index contributed by atoms with van der Waals surface area (Å²) in [5.41, 5.74) is -0.645. The van der Waals surface area contributed by atoms with Crippen molar-refractivity contribution in [3.8, 4) is 0 Å². The molecule has 5 unspecified atom stereocenters. The molecule has 3 aliphatic rings. The number of hydrogen-bond donors (Lipinski definition) is 0. The van der Waals surface area contributed by atoms with Crippen LogP contribution in [0.25, 0.3) is 0 Å². The molecule has 15 heavy (non-hydrogen) atoms. The number of ether oxygens (including phenoxy) is 2. The summed E-state index contributed by atoms with van der Waals surface area (Å²) in [5.74, 6) is 0.0566. The second-order valence-corrected chi connectivity index (χ2v) is 5.11. The molecule has 3 heterocycles. The van der Waals surface area contributed by atoms with Crippen molar-refractivity contribution in [2.24, 2.45) is 17.3 Å². The fourth-order valence-electron chi connectivity index (χ4n) is 3.34. The van der Waals surface area contributed by atoms with Crippen LogP contribution in [-0.4, -0.2) is 24.1 Å². The van der Waals surface area contributed by atoms with Gasteiger partial charge in [0.1, 0.15) is 5.41 Å². The lowest BCUT2D eigenvalue weighted by molar-refractivity contribution is -0.156. The average molecular weight is 210 g/mol. The van der Waals surface area contributed by atoms with Crippen LogP contribution in [0.5, 0.6) is 0 Å². The Morgan fingerprint density at radius 3 is 2.47 bits per heavy atom. The van der Waals surface area contributed by atoms with Crippen molar-refractivity contribution in [3.63, 3.8) is 0 Å². The second kappa shape index (κ2) is 2.61. The Kier molecular flexibility index (Phi) is 1.63. The zero-order chi connectivity index (χ0) is 10.8. The number of rotatable bonds is 0. The number of fused-ring (bicyclic) bond motifs is 3. The van der Waals surface area contributed by atoms with E-state index in [-0.39, 0.29) is 24.6 Å². The highest BCUT2D eigenvalue weighted by Gasteiger charge is 2.66. The molecular weight excluding hydrogens is 196 g/mol. The molecule has 0 aliphatic carbocycles. The molecule has 0 N–H and O–H groups in total. The first-order chi connectivity index (χ1) is 7.04. The number of esters is 2. The van der Waals surface area contributed by atoms with Crippen LogP contribution in [0.15, 0.2) is 0 Å². The molecule has 5 atom stereocenters. The van der Waals surface area contributed by atoms with Gasteiger partial charge in [-0.15, -0.1) is 0 Å². The summed E-state index contributed by atoms with van der Waals surface area (Å²) in [6.07, 6.45) is 0.887. The summed E-state index contributed by atoms with van der Waals surface area (Å²) < 4.78 is 10.5.